The summed E-state index contributed by atoms with van der Waals surface area (Å²) in [6.07, 6.45) is -6.84. The summed E-state index contributed by atoms with van der Waals surface area (Å²) >= 11 is 0. The van der Waals surface area contributed by atoms with Gasteiger partial charge >= 0.3 is 35.0 Å². The minimum Gasteiger partial charge on any atom is -0.459 e. The van der Waals surface area contributed by atoms with E-state index in [1.807, 2.05) is 6.07 Å². The van der Waals surface area contributed by atoms with Gasteiger partial charge in [0, 0.05) is 5.56 Å². The number of fused-ring (bicyclic) bond motifs is 2. The summed E-state index contributed by atoms with van der Waals surface area (Å²) in [5, 5.41) is 2.88. The van der Waals surface area contributed by atoms with E-state index in [1.54, 1.807) is 120 Å². The third kappa shape index (κ3) is 11.0. The van der Waals surface area contributed by atoms with Gasteiger partial charge in [-0.05, 0) is 70.7 Å². The van der Waals surface area contributed by atoms with E-state index in [9.17, 15) is 19.2 Å². The molecule has 3 aliphatic rings. The second-order valence-corrected chi connectivity index (χ2v) is 28.9. The molecule has 9 rings (SSSR count). The highest BCUT2D eigenvalue weighted by molar-refractivity contribution is 6.84. The van der Waals surface area contributed by atoms with Gasteiger partial charge in [-0.15, -0.1) is 0 Å². The van der Waals surface area contributed by atoms with Crippen molar-refractivity contribution in [3.63, 3.8) is 0 Å². The van der Waals surface area contributed by atoms with Gasteiger partial charge in [0.05, 0.1) is 29.6 Å². The Morgan fingerprint density at radius 2 is 1.15 bits per heavy atom. The molecule has 20 heteroatoms. The Morgan fingerprint density at radius 1 is 0.627 bits per heavy atom. The summed E-state index contributed by atoms with van der Waals surface area (Å²) in [5.41, 5.74) is 1.50. The Balaban J connectivity index is 1.16. The average molecular weight is 1060 g/mol. The number of carbonyl (C=O) groups is 4. The Bertz CT molecular complexity index is 2920. The lowest BCUT2D eigenvalue weighted by atomic mass is 10.1. The number of nitrogens with zero attached hydrogens (tertiary/aromatic N) is 4. The molecule has 18 nitrogen and oxygen atoms in total. The first-order chi connectivity index (χ1) is 36.1. The summed E-state index contributed by atoms with van der Waals surface area (Å²) in [5.74, 6) is -2.43. The van der Waals surface area contributed by atoms with Crippen LogP contribution in [-0.4, -0.2) is 117 Å². The standard InChI is InChI=1S/C55H63N5O13Si2/c1-33(2)74(34(3)4)66-30-42-45(72-75(73-74,35(5)6)36(7)8)46(51(67-42)60-32-58-43-48(56-31-57-49(43)60)59-50(61)37-21-13-9-14-22-37)71-55-47(70-54(64)40-27-19-12-20-28-40)44(69-53(63)39-25-17-11-18-26-39)41(68-55)29-65-52(62)38-23-15-10-16-24-38/h9-28,31-36,41-42,44-47,51,55H,29-30H2,1-8H3,(H,56,57,59,61)/t41-,42-,44-,45-,46-,47+,51-,55-/m1/s1. The van der Waals surface area contributed by atoms with Crippen molar-refractivity contribution in [3.8, 4) is 0 Å². The van der Waals surface area contributed by atoms with Crippen molar-refractivity contribution in [2.75, 3.05) is 18.5 Å². The topological polar surface area (TPSA) is 207 Å². The van der Waals surface area contributed by atoms with Gasteiger partial charge in [0.25, 0.3) is 5.91 Å². The smallest absolute Gasteiger partial charge is 0.338 e. The lowest BCUT2D eigenvalue weighted by Crippen LogP contribution is -2.66. The van der Waals surface area contributed by atoms with Gasteiger partial charge in [-0.3, -0.25) is 9.36 Å². The lowest BCUT2D eigenvalue weighted by molar-refractivity contribution is -0.219. The minimum absolute atomic E-state index is 0.0282. The molecule has 2 aromatic heterocycles. The van der Waals surface area contributed by atoms with E-state index < -0.39 is 96.7 Å². The molecule has 0 saturated carbocycles. The first-order valence-corrected chi connectivity index (χ1v) is 29.3. The molecule has 0 bridgehead atoms. The number of amides is 1. The zero-order chi connectivity index (χ0) is 53.0. The van der Waals surface area contributed by atoms with E-state index in [-0.39, 0.29) is 62.4 Å². The number of carbonyl (C=O) groups excluding carboxylic acids is 4. The quantitative estimate of drug-likeness (QED) is 0.0544. The van der Waals surface area contributed by atoms with Crippen LogP contribution in [0.4, 0.5) is 5.82 Å². The van der Waals surface area contributed by atoms with Crippen LogP contribution in [0.15, 0.2) is 134 Å². The summed E-state index contributed by atoms with van der Waals surface area (Å²) in [7, 11) is -6.48. The number of hydrogen-bond acceptors (Lipinski definition) is 16. The Labute approximate surface area is 437 Å². The second kappa shape index (κ2) is 22.8. The van der Waals surface area contributed by atoms with Crippen LogP contribution in [0.3, 0.4) is 0 Å². The van der Waals surface area contributed by atoms with Crippen LogP contribution in [0.25, 0.3) is 11.2 Å². The maximum absolute atomic E-state index is 14.3. The van der Waals surface area contributed by atoms with Gasteiger partial charge in [-0.2, -0.15) is 0 Å². The minimum atomic E-state index is -3.40. The van der Waals surface area contributed by atoms with E-state index in [0.29, 0.717) is 5.56 Å². The number of rotatable bonds is 16. The molecule has 0 aliphatic carbocycles. The van der Waals surface area contributed by atoms with Crippen LogP contribution in [0.1, 0.15) is 103 Å². The molecule has 5 heterocycles. The molecule has 0 spiro atoms. The highest BCUT2D eigenvalue weighted by atomic mass is 28.5. The molecular weight excluding hydrogens is 995 g/mol. The Kier molecular flexibility index (Phi) is 16.2. The number of hydrogen-bond donors (Lipinski definition) is 1. The van der Waals surface area contributed by atoms with Crippen molar-refractivity contribution in [1.29, 1.82) is 0 Å². The van der Waals surface area contributed by atoms with Crippen molar-refractivity contribution in [2.24, 2.45) is 0 Å². The van der Waals surface area contributed by atoms with Crippen molar-refractivity contribution < 1.29 is 60.6 Å². The van der Waals surface area contributed by atoms with Crippen LogP contribution >= 0.6 is 0 Å². The van der Waals surface area contributed by atoms with Crippen molar-refractivity contribution in [2.45, 2.75) is 127 Å². The Hall–Kier alpha value is -6.50. The van der Waals surface area contributed by atoms with E-state index in [4.69, 9.17) is 46.4 Å². The third-order valence-corrected chi connectivity index (χ3v) is 24.2. The fourth-order valence-electron chi connectivity index (χ4n) is 10.1. The maximum Gasteiger partial charge on any atom is 0.338 e. The molecule has 394 valence electrons. The number of nitrogens with one attached hydrogen (secondary N) is 1. The zero-order valence-corrected chi connectivity index (χ0v) is 45.1. The fourth-order valence-corrected chi connectivity index (χ4v) is 21.3. The highest BCUT2D eigenvalue weighted by Gasteiger charge is 2.63. The van der Waals surface area contributed by atoms with Gasteiger partial charge in [0.2, 0.25) is 0 Å². The molecule has 0 radical (unpaired) electrons. The summed E-state index contributed by atoms with van der Waals surface area (Å²) < 4.78 is 63.6. The second-order valence-electron chi connectivity index (χ2n) is 20.1. The number of aromatic nitrogens is 4. The molecule has 0 unspecified atom stereocenters. The van der Waals surface area contributed by atoms with Gasteiger partial charge in [0.15, 0.2) is 41.7 Å². The normalized spacial score (nSPS) is 24.2. The SMILES string of the molecule is CC(C)[Si]1(C(C)C)OC[C@H]2O[C@@H](n3cnc4c(NC(=O)c5ccccc5)ncnc43)[C@H](O[C@H]3O[C@H](COC(=O)c4ccccc4)[C@@H](OC(=O)c4ccccc4)[C@@H]3OC(=O)c3ccccc3)[C@@H]2O[Si](C(C)C)(C(C)C)O1. The number of benzene rings is 4. The van der Waals surface area contributed by atoms with Crippen molar-refractivity contribution >= 4 is 57.9 Å². The van der Waals surface area contributed by atoms with Crippen LogP contribution in [0, 0.1) is 0 Å². The first-order valence-electron chi connectivity index (χ1n) is 25.4. The molecular formula is C55H63N5O13Si2. The molecule has 3 fully saturated rings. The molecule has 3 saturated heterocycles. The molecule has 6 aromatic rings. The first kappa shape index (κ1) is 53.3. The summed E-state index contributed by atoms with van der Waals surface area (Å²) in [6.45, 7) is 16.5. The lowest BCUT2D eigenvalue weighted by Gasteiger charge is -2.51. The van der Waals surface area contributed by atoms with Crippen LogP contribution in [0.5, 0.6) is 0 Å². The van der Waals surface area contributed by atoms with Crippen molar-refractivity contribution in [3.05, 3.63) is 156 Å². The number of imidazole rings is 1. The summed E-state index contributed by atoms with van der Waals surface area (Å²) in [4.78, 5) is 69.1. The molecule has 4 aromatic carbocycles. The third-order valence-electron chi connectivity index (χ3n) is 14.0. The predicted molar refractivity (Wildman–Crippen MR) is 279 cm³/mol. The van der Waals surface area contributed by atoms with E-state index in [2.05, 4.69) is 70.7 Å². The van der Waals surface area contributed by atoms with Gasteiger partial charge < -0.3 is 46.7 Å². The largest absolute Gasteiger partial charge is 0.459 e. The van der Waals surface area contributed by atoms with Crippen molar-refractivity contribution in [1.82, 2.24) is 19.5 Å². The molecule has 1 amide bonds. The maximum atomic E-state index is 14.3. The van der Waals surface area contributed by atoms with E-state index in [0.717, 1.165) is 0 Å². The van der Waals surface area contributed by atoms with Crippen LogP contribution in [-0.2, 0) is 41.4 Å². The Morgan fingerprint density at radius 3 is 1.69 bits per heavy atom. The molecule has 1 N–H and O–H groups in total. The summed E-state index contributed by atoms with van der Waals surface area (Å²) in [6, 6.07) is 33.8. The average Bonchev–Trinajstić information content (AvgIpc) is 4.10. The molecule has 3 aliphatic heterocycles. The number of anilines is 1. The fraction of sp³-hybridized carbons (Fsp3) is 0.400. The van der Waals surface area contributed by atoms with E-state index >= 15 is 0 Å². The predicted octanol–water partition coefficient (Wildman–Crippen LogP) is 9.35. The van der Waals surface area contributed by atoms with Crippen LogP contribution < -0.4 is 5.32 Å². The van der Waals surface area contributed by atoms with Gasteiger partial charge in [-0.1, -0.05) is 128 Å². The van der Waals surface area contributed by atoms with Gasteiger partial charge in [0.1, 0.15) is 37.4 Å². The molecule has 75 heavy (non-hydrogen) atoms. The van der Waals surface area contributed by atoms with Crippen LogP contribution in [0.2, 0.25) is 22.2 Å². The molecule has 8 atom stereocenters. The number of esters is 3. The monoisotopic (exact) mass is 1060 g/mol. The van der Waals surface area contributed by atoms with E-state index in [1.165, 1.54) is 12.7 Å². The highest BCUT2D eigenvalue weighted by Crippen LogP contribution is 2.50. The van der Waals surface area contributed by atoms with Gasteiger partial charge in [-0.25, -0.2) is 29.3 Å². The number of ether oxygens (including phenoxy) is 6. The zero-order valence-electron chi connectivity index (χ0n) is 43.1.